The fourth-order valence-corrected chi connectivity index (χ4v) is 0.783. The Labute approximate surface area is 136 Å². The van der Waals surface area contributed by atoms with Crippen molar-refractivity contribution in [2.45, 2.75) is 33.6 Å². The van der Waals surface area contributed by atoms with Crippen molar-refractivity contribution in [1.82, 2.24) is 4.90 Å². The second-order valence-corrected chi connectivity index (χ2v) is 3.39. The summed E-state index contributed by atoms with van der Waals surface area (Å²) >= 11 is 0. The van der Waals surface area contributed by atoms with E-state index in [-0.39, 0.29) is 26.2 Å². The Bertz CT molecular complexity index is 267. The first-order valence-electron chi connectivity index (χ1n) is 5.27. The molecule has 0 aromatic carbocycles. The zero-order chi connectivity index (χ0) is 16.0. The van der Waals surface area contributed by atoms with Gasteiger partial charge < -0.3 is 34.6 Å². The van der Waals surface area contributed by atoms with Crippen molar-refractivity contribution in [3.63, 3.8) is 0 Å². The van der Waals surface area contributed by atoms with E-state index in [0.717, 1.165) is 40.2 Å². The van der Waals surface area contributed by atoms with E-state index in [4.69, 9.17) is 29.7 Å². The van der Waals surface area contributed by atoms with E-state index >= 15 is 0 Å². The molecule has 8 nitrogen and oxygen atoms in total. The van der Waals surface area contributed by atoms with Gasteiger partial charge >= 0.3 is 26.2 Å². The molecule has 114 valence electrons. The zero-order valence-electron chi connectivity index (χ0n) is 11.9. The topological polar surface area (TPSA) is 141 Å². The van der Waals surface area contributed by atoms with Gasteiger partial charge in [-0.2, -0.15) is 0 Å². The predicted molar refractivity (Wildman–Crippen MR) is 64.7 cm³/mol. The summed E-state index contributed by atoms with van der Waals surface area (Å²) in [7, 11) is 1.84. The van der Waals surface area contributed by atoms with Crippen LogP contribution in [0.2, 0.25) is 0 Å². The molecular formula is C11H18BiNO7. The summed E-state index contributed by atoms with van der Waals surface area (Å²) in [5.41, 5.74) is 0. The number of hydrogen-bond donors (Lipinski definition) is 0. The summed E-state index contributed by atoms with van der Waals surface area (Å²) in [6.07, 6.45) is 1.81. The molecule has 0 spiro atoms. The Balaban J connectivity index is -0.0000000881. The number of likely N-dealkylation sites (tertiary alicyclic amines) is 1. The first-order valence-corrected chi connectivity index (χ1v) is 5.27. The summed E-state index contributed by atoms with van der Waals surface area (Å²) < 4.78 is 0. The standard InChI is InChI=1S/C5H9NO.3C2H4O2.Bi/c1-6-4-2-3-5(6)7;3*1-2(3)4;/h2-4H2,1H3;3*1H3,(H,3,4);/q;;;;+3/p-3. The van der Waals surface area contributed by atoms with Gasteiger partial charge in [0.15, 0.2) is 0 Å². The third kappa shape index (κ3) is 54.2. The van der Waals surface area contributed by atoms with E-state index in [1.54, 1.807) is 4.90 Å². The van der Waals surface area contributed by atoms with Crippen LogP contribution >= 0.6 is 0 Å². The fraction of sp³-hybridized carbons (Fsp3) is 0.636. The molecule has 1 fully saturated rings. The van der Waals surface area contributed by atoms with Gasteiger partial charge in [0.1, 0.15) is 0 Å². The largest absolute Gasteiger partial charge is 3.00 e. The zero-order valence-corrected chi connectivity index (χ0v) is 15.4. The van der Waals surface area contributed by atoms with E-state index in [9.17, 15) is 4.79 Å². The number of carbonyl (C=O) groups excluding carboxylic acids is 4. The quantitative estimate of drug-likeness (QED) is 0.320. The van der Waals surface area contributed by atoms with Gasteiger partial charge in [-0.15, -0.1) is 0 Å². The van der Waals surface area contributed by atoms with Crippen LogP contribution in [0.25, 0.3) is 0 Å². The molecule has 0 saturated carbocycles. The van der Waals surface area contributed by atoms with Crippen LogP contribution in [-0.2, 0) is 19.2 Å². The second kappa shape index (κ2) is 17.8. The Morgan fingerprint density at radius 1 is 0.950 bits per heavy atom. The van der Waals surface area contributed by atoms with Gasteiger partial charge in [0.25, 0.3) is 0 Å². The number of carbonyl (C=O) groups is 4. The van der Waals surface area contributed by atoms with Gasteiger partial charge in [0.05, 0.1) is 0 Å². The average Bonchev–Trinajstić information content (AvgIpc) is 2.47. The third-order valence-corrected chi connectivity index (χ3v) is 1.31. The van der Waals surface area contributed by atoms with E-state index in [0.29, 0.717) is 5.91 Å². The smallest absolute Gasteiger partial charge is 0.550 e. The normalized spacial score (nSPS) is 11.2. The minimum Gasteiger partial charge on any atom is -0.550 e. The molecule has 1 heterocycles. The Kier molecular flexibility index (Phi) is 24.1. The molecule has 0 aromatic heterocycles. The first kappa shape index (κ1) is 27.2. The Morgan fingerprint density at radius 2 is 1.20 bits per heavy atom. The monoisotopic (exact) mass is 485 g/mol. The van der Waals surface area contributed by atoms with E-state index < -0.39 is 17.9 Å². The maximum absolute atomic E-state index is 10.5. The molecule has 20 heavy (non-hydrogen) atoms. The number of aliphatic carboxylic acids is 3. The number of nitrogens with zero attached hydrogens (tertiary/aromatic N) is 1. The summed E-state index contributed by atoms with van der Waals surface area (Å²) in [4.78, 5) is 38.9. The molecule has 9 heteroatoms. The van der Waals surface area contributed by atoms with Crippen molar-refractivity contribution in [3.8, 4) is 0 Å². The number of hydrogen-bond acceptors (Lipinski definition) is 7. The van der Waals surface area contributed by atoms with Crippen LogP contribution in [0.1, 0.15) is 33.6 Å². The van der Waals surface area contributed by atoms with E-state index in [1.165, 1.54) is 0 Å². The minimum atomic E-state index is -1.08. The molecule has 1 saturated heterocycles. The van der Waals surface area contributed by atoms with Gasteiger partial charge in [-0.1, -0.05) is 0 Å². The van der Waals surface area contributed by atoms with Gasteiger partial charge in [-0.05, 0) is 27.2 Å². The summed E-state index contributed by atoms with van der Waals surface area (Å²) in [6, 6.07) is 0. The van der Waals surface area contributed by atoms with Gasteiger partial charge in [-0.25, -0.2) is 0 Å². The van der Waals surface area contributed by atoms with Crippen molar-refractivity contribution in [2.24, 2.45) is 0 Å². The minimum absolute atomic E-state index is 0. The fourth-order valence-electron chi connectivity index (χ4n) is 0.783. The van der Waals surface area contributed by atoms with Crippen LogP contribution in [0.15, 0.2) is 0 Å². The molecule has 2 radical (unpaired) electrons. The van der Waals surface area contributed by atoms with Crippen molar-refractivity contribution in [3.05, 3.63) is 0 Å². The van der Waals surface area contributed by atoms with Gasteiger partial charge in [-0.3, -0.25) is 4.79 Å². The van der Waals surface area contributed by atoms with Crippen molar-refractivity contribution in [1.29, 1.82) is 0 Å². The summed E-state index contributed by atoms with van der Waals surface area (Å²) in [5, 5.41) is 26.7. The molecule has 0 unspecified atom stereocenters. The van der Waals surface area contributed by atoms with E-state index in [2.05, 4.69) is 0 Å². The number of amides is 1. The predicted octanol–water partition coefficient (Wildman–Crippen LogP) is -3.87. The number of rotatable bonds is 0. The molecule has 1 amide bonds. The van der Waals surface area contributed by atoms with E-state index in [1.807, 2.05) is 7.05 Å². The third-order valence-electron chi connectivity index (χ3n) is 1.31. The summed E-state index contributed by atoms with van der Waals surface area (Å²) in [6.45, 7) is 3.87. The van der Waals surface area contributed by atoms with Crippen LogP contribution in [0.4, 0.5) is 0 Å². The molecule has 1 rings (SSSR count). The summed E-state index contributed by atoms with van der Waals surface area (Å²) in [5.74, 6) is -2.96. The Morgan fingerprint density at radius 3 is 1.25 bits per heavy atom. The van der Waals surface area contributed by atoms with Crippen molar-refractivity contribution >= 4 is 50.0 Å². The molecule has 0 atom stereocenters. The van der Waals surface area contributed by atoms with Crippen LogP contribution in [0.3, 0.4) is 0 Å². The first-order chi connectivity index (χ1) is 8.50. The molecule has 0 bridgehead atoms. The van der Waals surface area contributed by atoms with Crippen LogP contribution < -0.4 is 15.3 Å². The Hall–Kier alpha value is -1.24. The number of carboxylic acids is 3. The van der Waals surface area contributed by atoms with Crippen molar-refractivity contribution < 1.29 is 34.5 Å². The molecule has 0 aliphatic carbocycles. The van der Waals surface area contributed by atoms with Crippen LogP contribution in [0, 0.1) is 0 Å². The maximum Gasteiger partial charge on any atom is 3.00 e. The molecule has 0 aromatic rings. The number of carboxylic acid groups (broad SMARTS) is 3. The van der Waals surface area contributed by atoms with Gasteiger partial charge in [0.2, 0.25) is 5.91 Å². The average molecular weight is 485 g/mol. The molecule has 1 aliphatic heterocycles. The molecule has 1 aliphatic rings. The SMILES string of the molecule is CC(=O)[O-].CC(=O)[O-].CC(=O)[O-].CN1CCCC1=O.[Bi+3]. The molecular weight excluding hydrogens is 467 g/mol. The molecule has 0 N–H and O–H groups in total. The second-order valence-electron chi connectivity index (χ2n) is 3.39. The van der Waals surface area contributed by atoms with Crippen LogP contribution in [-0.4, -0.2) is 68.5 Å². The van der Waals surface area contributed by atoms with Crippen LogP contribution in [0.5, 0.6) is 0 Å². The maximum atomic E-state index is 10.5. The van der Waals surface area contributed by atoms with Gasteiger partial charge in [0, 0.05) is 37.9 Å². The van der Waals surface area contributed by atoms with Crippen molar-refractivity contribution in [2.75, 3.05) is 13.6 Å².